The van der Waals surface area contributed by atoms with Gasteiger partial charge >= 0.3 is 6.18 Å². The van der Waals surface area contributed by atoms with E-state index in [-0.39, 0.29) is 0 Å². The number of halogens is 4. The molecule has 24 heavy (non-hydrogen) atoms. The Labute approximate surface area is 136 Å². The van der Waals surface area contributed by atoms with Gasteiger partial charge in [0.2, 0.25) is 5.95 Å². The maximum Gasteiger partial charge on any atom is 0.433 e. The van der Waals surface area contributed by atoms with Crippen molar-refractivity contribution in [2.75, 3.05) is 31.1 Å². The molecule has 0 saturated carbocycles. The van der Waals surface area contributed by atoms with E-state index in [4.69, 9.17) is 0 Å². The van der Waals surface area contributed by atoms with Gasteiger partial charge in [-0.05, 0) is 17.7 Å². The lowest BCUT2D eigenvalue weighted by atomic mass is 10.2. The zero-order valence-corrected chi connectivity index (χ0v) is 12.7. The van der Waals surface area contributed by atoms with Crippen LogP contribution in [0.15, 0.2) is 30.7 Å². The number of anilines is 1. The highest BCUT2D eigenvalue weighted by atomic mass is 19.4. The van der Waals surface area contributed by atoms with Crippen molar-refractivity contribution in [2.45, 2.75) is 12.7 Å². The summed E-state index contributed by atoms with van der Waals surface area (Å²) < 4.78 is 50.9. The van der Waals surface area contributed by atoms with Gasteiger partial charge in [0.1, 0.15) is 5.69 Å². The molecule has 1 aliphatic heterocycles. The van der Waals surface area contributed by atoms with Gasteiger partial charge < -0.3 is 4.90 Å². The lowest BCUT2D eigenvalue weighted by Gasteiger charge is -2.34. The summed E-state index contributed by atoms with van der Waals surface area (Å²) in [6.07, 6.45) is -1.02. The quantitative estimate of drug-likeness (QED) is 0.802. The Morgan fingerprint density at radius 1 is 1.00 bits per heavy atom. The molecule has 3 rings (SSSR count). The predicted molar refractivity (Wildman–Crippen MR) is 78.7 cm³/mol. The van der Waals surface area contributed by atoms with Crippen LogP contribution in [0.3, 0.4) is 0 Å². The second-order valence-corrected chi connectivity index (χ2v) is 5.51. The molecule has 1 saturated heterocycles. The molecule has 0 unspecified atom stereocenters. The Hall–Kier alpha value is -2.29. The summed E-state index contributed by atoms with van der Waals surface area (Å²) in [6.45, 7) is 2.99. The number of alkyl halides is 3. The molecule has 3 heterocycles. The van der Waals surface area contributed by atoms with Gasteiger partial charge in [-0.2, -0.15) is 13.2 Å². The molecule has 0 aromatic carbocycles. The molecule has 0 amide bonds. The molecule has 0 atom stereocenters. The Balaban J connectivity index is 1.58. The fraction of sp³-hybridized carbons (Fsp3) is 0.400. The standard InChI is InChI=1S/C15H15F4N5/c16-12-8-21-14(22-9-12)24-5-3-23(4-6-24)10-11-1-2-20-13(7-11)15(17,18)19/h1-2,7-9H,3-6,10H2. The first kappa shape index (κ1) is 16.6. The van der Waals surface area contributed by atoms with Gasteiger partial charge in [0, 0.05) is 38.9 Å². The summed E-state index contributed by atoms with van der Waals surface area (Å²) in [5.74, 6) is -0.0325. The van der Waals surface area contributed by atoms with E-state index in [1.54, 1.807) is 6.07 Å². The molecule has 0 spiro atoms. The van der Waals surface area contributed by atoms with Crippen LogP contribution in [0.2, 0.25) is 0 Å². The van der Waals surface area contributed by atoms with Crippen LogP contribution in [0.5, 0.6) is 0 Å². The van der Waals surface area contributed by atoms with Crippen LogP contribution in [-0.2, 0) is 12.7 Å². The van der Waals surface area contributed by atoms with E-state index in [0.29, 0.717) is 44.2 Å². The van der Waals surface area contributed by atoms with E-state index in [1.807, 2.05) is 4.90 Å². The molecule has 5 nitrogen and oxygen atoms in total. The Morgan fingerprint density at radius 3 is 2.29 bits per heavy atom. The van der Waals surface area contributed by atoms with Crippen LogP contribution in [0.25, 0.3) is 0 Å². The molecule has 0 bridgehead atoms. The summed E-state index contributed by atoms with van der Waals surface area (Å²) >= 11 is 0. The molecular weight excluding hydrogens is 326 g/mol. The SMILES string of the molecule is Fc1cnc(N2CCN(Cc3ccnc(C(F)(F)F)c3)CC2)nc1. The van der Waals surface area contributed by atoms with Crippen LogP contribution >= 0.6 is 0 Å². The molecule has 0 radical (unpaired) electrons. The van der Waals surface area contributed by atoms with Crippen molar-refractivity contribution >= 4 is 5.95 Å². The topological polar surface area (TPSA) is 45.2 Å². The minimum Gasteiger partial charge on any atom is -0.338 e. The molecule has 1 aliphatic rings. The number of rotatable bonds is 3. The van der Waals surface area contributed by atoms with Gasteiger partial charge in [-0.3, -0.25) is 9.88 Å². The predicted octanol–water partition coefficient (Wildman–Crippen LogP) is 2.35. The summed E-state index contributed by atoms with van der Waals surface area (Å²) in [4.78, 5) is 15.2. The second kappa shape index (κ2) is 6.68. The average molecular weight is 341 g/mol. The molecule has 0 N–H and O–H groups in total. The first-order valence-corrected chi connectivity index (χ1v) is 7.39. The smallest absolute Gasteiger partial charge is 0.338 e. The van der Waals surface area contributed by atoms with Gasteiger partial charge in [0.05, 0.1) is 12.4 Å². The van der Waals surface area contributed by atoms with Gasteiger partial charge in [-0.15, -0.1) is 0 Å². The molecule has 2 aromatic rings. The first-order chi connectivity index (χ1) is 11.4. The summed E-state index contributed by atoms with van der Waals surface area (Å²) in [5.41, 5.74) is -0.304. The second-order valence-electron chi connectivity index (χ2n) is 5.51. The summed E-state index contributed by atoms with van der Waals surface area (Å²) in [7, 11) is 0. The van der Waals surface area contributed by atoms with E-state index < -0.39 is 17.7 Å². The lowest BCUT2D eigenvalue weighted by molar-refractivity contribution is -0.141. The fourth-order valence-corrected chi connectivity index (χ4v) is 2.56. The monoisotopic (exact) mass is 341 g/mol. The molecule has 9 heteroatoms. The highest BCUT2D eigenvalue weighted by Gasteiger charge is 2.32. The Kier molecular flexibility index (Phi) is 4.61. The maximum atomic E-state index is 12.8. The average Bonchev–Trinajstić information content (AvgIpc) is 2.56. The fourth-order valence-electron chi connectivity index (χ4n) is 2.56. The van der Waals surface area contributed by atoms with Crippen LogP contribution < -0.4 is 4.90 Å². The van der Waals surface area contributed by atoms with E-state index >= 15 is 0 Å². The third-order valence-electron chi connectivity index (χ3n) is 3.78. The van der Waals surface area contributed by atoms with E-state index in [2.05, 4.69) is 19.9 Å². The van der Waals surface area contributed by atoms with Crippen LogP contribution in [0, 0.1) is 5.82 Å². The first-order valence-electron chi connectivity index (χ1n) is 7.39. The number of nitrogens with zero attached hydrogens (tertiary/aromatic N) is 5. The van der Waals surface area contributed by atoms with Crippen LogP contribution in [-0.4, -0.2) is 46.0 Å². The van der Waals surface area contributed by atoms with Crippen molar-refractivity contribution in [3.63, 3.8) is 0 Å². The molecule has 128 valence electrons. The third-order valence-corrected chi connectivity index (χ3v) is 3.78. The summed E-state index contributed by atoms with van der Waals surface area (Å²) in [6, 6.07) is 2.67. The number of hydrogen-bond acceptors (Lipinski definition) is 5. The lowest BCUT2D eigenvalue weighted by Crippen LogP contribution is -2.46. The summed E-state index contributed by atoms with van der Waals surface area (Å²) in [5, 5.41) is 0. The highest BCUT2D eigenvalue weighted by Crippen LogP contribution is 2.28. The Bertz CT molecular complexity index is 681. The van der Waals surface area contributed by atoms with E-state index in [1.165, 1.54) is 6.20 Å². The number of pyridine rings is 1. The van der Waals surface area contributed by atoms with E-state index in [9.17, 15) is 17.6 Å². The van der Waals surface area contributed by atoms with Gasteiger partial charge in [-0.1, -0.05) is 0 Å². The highest BCUT2D eigenvalue weighted by molar-refractivity contribution is 5.29. The molecule has 2 aromatic heterocycles. The van der Waals surface area contributed by atoms with Crippen molar-refractivity contribution in [1.29, 1.82) is 0 Å². The van der Waals surface area contributed by atoms with Crippen molar-refractivity contribution in [1.82, 2.24) is 19.9 Å². The van der Waals surface area contributed by atoms with Gasteiger partial charge in [0.25, 0.3) is 0 Å². The molecule has 0 aliphatic carbocycles. The minimum absolute atomic E-state index is 0.420. The normalized spacial score (nSPS) is 16.4. The largest absolute Gasteiger partial charge is 0.433 e. The van der Waals surface area contributed by atoms with E-state index in [0.717, 1.165) is 18.5 Å². The van der Waals surface area contributed by atoms with Crippen LogP contribution in [0.1, 0.15) is 11.3 Å². The number of hydrogen-bond donors (Lipinski definition) is 0. The number of aromatic nitrogens is 3. The van der Waals surface area contributed by atoms with Crippen molar-refractivity contribution < 1.29 is 17.6 Å². The van der Waals surface area contributed by atoms with Crippen molar-refractivity contribution in [3.8, 4) is 0 Å². The maximum absolute atomic E-state index is 12.8. The van der Waals surface area contributed by atoms with Crippen molar-refractivity contribution in [2.24, 2.45) is 0 Å². The third kappa shape index (κ3) is 3.97. The molecule has 1 fully saturated rings. The zero-order valence-electron chi connectivity index (χ0n) is 12.7. The zero-order chi connectivity index (χ0) is 17.2. The Morgan fingerprint density at radius 2 is 1.67 bits per heavy atom. The van der Waals surface area contributed by atoms with Gasteiger partial charge in [-0.25, -0.2) is 14.4 Å². The van der Waals surface area contributed by atoms with Crippen molar-refractivity contribution in [3.05, 3.63) is 47.8 Å². The van der Waals surface area contributed by atoms with Crippen LogP contribution in [0.4, 0.5) is 23.5 Å². The van der Waals surface area contributed by atoms with Gasteiger partial charge in [0.15, 0.2) is 5.82 Å². The number of piperazine rings is 1. The minimum atomic E-state index is -4.44. The molecular formula is C15H15F4N5.